The number of rotatable bonds is 6. The molecule has 2 aromatic carbocycles. The molecule has 1 aliphatic carbocycles. The van der Waals surface area contributed by atoms with Crippen molar-refractivity contribution in [2.75, 3.05) is 23.9 Å². The highest BCUT2D eigenvalue weighted by Crippen LogP contribution is 2.44. The molecule has 2 N–H and O–H groups in total. The SMILES string of the molecule is Cc1ccc(-c2nn3c(c2NC(=O)CS(C)(=O)=O)C(=O)N[C@@]2(CCc4cc(OCC(F)(F)F)ccc42)C3)cc1F. The first-order valence-electron chi connectivity index (χ1n) is 12.1. The molecule has 1 atom stereocenters. The van der Waals surface area contributed by atoms with Gasteiger partial charge in [0.25, 0.3) is 5.91 Å². The van der Waals surface area contributed by atoms with Gasteiger partial charge in [-0.25, -0.2) is 12.8 Å². The van der Waals surface area contributed by atoms with Crippen molar-refractivity contribution in [1.29, 1.82) is 0 Å². The van der Waals surface area contributed by atoms with E-state index in [9.17, 15) is 35.6 Å². The Balaban J connectivity index is 1.54. The monoisotopic (exact) mass is 580 g/mol. The lowest BCUT2D eigenvalue weighted by molar-refractivity contribution is -0.153. The second kappa shape index (κ2) is 9.61. The van der Waals surface area contributed by atoms with Crippen LogP contribution in [0, 0.1) is 12.7 Å². The molecule has 1 spiro atoms. The minimum absolute atomic E-state index is 0.0398. The summed E-state index contributed by atoms with van der Waals surface area (Å²) in [6.07, 6.45) is -2.73. The first-order valence-corrected chi connectivity index (χ1v) is 14.2. The number of amides is 2. The first kappa shape index (κ1) is 27.6. The molecule has 2 aliphatic rings. The van der Waals surface area contributed by atoms with Crippen LogP contribution in [0.15, 0.2) is 36.4 Å². The third-order valence-corrected chi connectivity index (χ3v) is 7.65. The third kappa shape index (κ3) is 5.40. The molecule has 0 fully saturated rings. The lowest BCUT2D eigenvalue weighted by Gasteiger charge is -2.36. The molecular weight excluding hydrogens is 556 g/mol. The fourth-order valence-corrected chi connectivity index (χ4v) is 5.68. The van der Waals surface area contributed by atoms with E-state index >= 15 is 0 Å². The standard InChI is InChI=1S/C26H24F4N4O5S/c1-14-3-4-16(10-19(14)27)21-22(31-20(35)11-40(2,37)38)23-24(36)32-25(12-34(23)33-21)8-7-15-9-17(5-6-18(15)25)39-13-26(28,29)30/h3-6,9-10H,7-8,11-13H2,1-2H3,(H,31,35)(H,32,36)/t25-/m0/s1. The number of aromatic nitrogens is 2. The molecule has 0 unspecified atom stereocenters. The normalized spacial score (nSPS) is 18.3. The van der Waals surface area contributed by atoms with Crippen LogP contribution in [0.1, 0.15) is 33.6 Å². The number of aryl methyl sites for hydroxylation is 2. The minimum atomic E-state index is -4.49. The van der Waals surface area contributed by atoms with Gasteiger partial charge in [-0.15, -0.1) is 0 Å². The predicted octanol–water partition coefficient (Wildman–Crippen LogP) is 3.51. The zero-order chi connectivity index (χ0) is 29.0. The number of carbonyl (C=O) groups excluding carboxylic acids is 2. The number of halogens is 4. The van der Waals surface area contributed by atoms with Gasteiger partial charge in [-0.1, -0.05) is 18.2 Å². The maximum absolute atomic E-state index is 14.4. The molecule has 2 heterocycles. The second-order valence-corrected chi connectivity index (χ2v) is 12.2. The summed E-state index contributed by atoms with van der Waals surface area (Å²) in [5.41, 5.74) is 1.06. The topological polar surface area (TPSA) is 119 Å². The first-order chi connectivity index (χ1) is 18.6. The molecule has 2 amide bonds. The van der Waals surface area contributed by atoms with Crippen LogP contribution in [-0.2, 0) is 33.1 Å². The Hall–Kier alpha value is -3.94. The Morgan fingerprint density at radius 3 is 2.65 bits per heavy atom. The summed E-state index contributed by atoms with van der Waals surface area (Å²) < 4.78 is 81.8. The molecule has 14 heteroatoms. The largest absolute Gasteiger partial charge is 0.484 e. The van der Waals surface area contributed by atoms with Gasteiger partial charge in [-0.05, 0) is 54.7 Å². The van der Waals surface area contributed by atoms with E-state index in [1.165, 1.54) is 28.9 Å². The summed E-state index contributed by atoms with van der Waals surface area (Å²) in [5.74, 6) is -2.83. The Labute approximate surface area is 226 Å². The van der Waals surface area contributed by atoms with Crippen LogP contribution in [-0.4, -0.2) is 54.8 Å². The van der Waals surface area contributed by atoms with Crippen molar-refractivity contribution in [1.82, 2.24) is 15.1 Å². The van der Waals surface area contributed by atoms with Gasteiger partial charge < -0.3 is 15.4 Å². The summed E-state index contributed by atoms with van der Waals surface area (Å²) in [6, 6.07) is 8.81. The number of fused-ring (bicyclic) bond motifs is 3. The Morgan fingerprint density at radius 2 is 1.98 bits per heavy atom. The highest BCUT2D eigenvalue weighted by atomic mass is 32.2. The molecule has 1 aromatic heterocycles. The van der Waals surface area contributed by atoms with Crippen LogP contribution in [0.4, 0.5) is 23.2 Å². The van der Waals surface area contributed by atoms with Crippen LogP contribution in [0.25, 0.3) is 11.3 Å². The molecular formula is C26H24F4N4O5S. The molecule has 212 valence electrons. The zero-order valence-corrected chi connectivity index (χ0v) is 22.2. The number of nitrogens with one attached hydrogen (secondary N) is 2. The van der Waals surface area contributed by atoms with Crippen molar-refractivity contribution in [2.45, 2.75) is 38.0 Å². The number of alkyl halides is 3. The lowest BCUT2D eigenvalue weighted by atomic mass is 9.89. The number of anilines is 1. The maximum Gasteiger partial charge on any atom is 0.422 e. The quantitative estimate of drug-likeness (QED) is 0.431. The number of sulfone groups is 1. The Bertz CT molecular complexity index is 1650. The summed E-state index contributed by atoms with van der Waals surface area (Å²) in [7, 11) is -3.69. The van der Waals surface area contributed by atoms with Gasteiger partial charge in [0.05, 0.1) is 12.1 Å². The van der Waals surface area contributed by atoms with Gasteiger partial charge in [0.1, 0.15) is 28.7 Å². The highest BCUT2D eigenvalue weighted by molar-refractivity contribution is 7.91. The van der Waals surface area contributed by atoms with Gasteiger partial charge in [0, 0.05) is 11.8 Å². The number of nitrogens with zero attached hydrogens (tertiary/aromatic N) is 2. The van der Waals surface area contributed by atoms with Crippen molar-refractivity contribution >= 4 is 27.3 Å². The van der Waals surface area contributed by atoms with Crippen molar-refractivity contribution in [2.24, 2.45) is 0 Å². The molecule has 0 saturated carbocycles. The summed E-state index contributed by atoms with van der Waals surface area (Å²) in [5, 5.41) is 9.97. The molecule has 0 bridgehead atoms. The summed E-state index contributed by atoms with van der Waals surface area (Å²) in [4.78, 5) is 26.1. The van der Waals surface area contributed by atoms with Crippen LogP contribution in [0.3, 0.4) is 0 Å². The molecule has 9 nitrogen and oxygen atoms in total. The van der Waals surface area contributed by atoms with E-state index < -0.39 is 51.5 Å². The Morgan fingerprint density at radius 1 is 1.23 bits per heavy atom. The third-order valence-electron chi connectivity index (χ3n) is 6.86. The van der Waals surface area contributed by atoms with Crippen LogP contribution >= 0.6 is 0 Å². The number of benzene rings is 2. The molecule has 0 saturated heterocycles. The van der Waals surface area contributed by atoms with Crippen LogP contribution in [0.5, 0.6) is 5.75 Å². The van der Waals surface area contributed by atoms with Crippen molar-refractivity contribution < 1.29 is 40.3 Å². The highest BCUT2D eigenvalue weighted by Gasteiger charge is 2.46. The molecule has 3 aromatic rings. The van der Waals surface area contributed by atoms with E-state index in [0.29, 0.717) is 29.5 Å². The minimum Gasteiger partial charge on any atom is -0.484 e. The lowest BCUT2D eigenvalue weighted by Crippen LogP contribution is -2.52. The van der Waals surface area contributed by atoms with Crippen LogP contribution < -0.4 is 15.4 Å². The van der Waals surface area contributed by atoms with Crippen molar-refractivity contribution in [3.63, 3.8) is 0 Å². The number of ether oxygens (including phenoxy) is 1. The van der Waals surface area contributed by atoms with E-state index in [1.54, 1.807) is 19.1 Å². The fourth-order valence-electron chi connectivity index (χ4n) is 5.13. The summed E-state index contributed by atoms with van der Waals surface area (Å²) in [6.45, 7) is 0.244. The zero-order valence-electron chi connectivity index (χ0n) is 21.4. The molecule has 5 rings (SSSR count). The summed E-state index contributed by atoms with van der Waals surface area (Å²) >= 11 is 0. The van der Waals surface area contributed by atoms with E-state index in [0.717, 1.165) is 6.26 Å². The van der Waals surface area contributed by atoms with E-state index in [-0.39, 0.29) is 34.9 Å². The number of hydrogen-bond acceptors (Lipinski definition) is 6. The average Bonchev–Trinajstić information content (AvgIpc) is 3.36. The molecule has 0 radical (unpaired) electrons. The van der Waals surface area contributed by atoms with E-state index in [2.05, 4.69) is 15.7 Å². The van der Waals surface area contributed by atoms with Gasteiger partial charge in [-0.3, -0.25) is 14.3 Å². The molecule has 40 heavy (non-hydrogen) atoms. The molecule has 1 aliphatic heterocycles. The average molecular weight is 581 g/mol. The van der Waals surface area contributed by atoms with Gasteiger partial charge in [0.2, 0.25) is 5.91 Å². The fraction of sp³-hybridized carbons (Fsp3) is 0.346. The Kier molecular flexibility index (Phi) is 6.63. The van der Waals surface area contributed by atoms with Crippen molar-refractivity contribution in [3.8, 4) is 17.0 Å². The van der Waals surface area contributed by atoms with Gasteiger partial charge in [-0.2, -0.15) is 18.3 Å². The second-order valence-electron chi connectivity index (χ2n) is 10.1. The predicted molar refractivity (Wildman–Crippen MR) is 136 cm³/mol. The van der Waals surface area contributed by atoms with E-state index in [1.807, 2.05) is 0 Å². The maximum atomic E-state index is 14.4. The van der Waals surface area contributed by atoms with Gasteiger partial charge in [0.15, 0.2) is 22.1 Å². The van der Waals surface area contributed by atoms with Crippen LogP contribution in [0.2, 0.25) is 0 Å². The van der Waals surface area contributed by atoms with Crippen molar-refractivity contribution in [3.05, 3.63) is 64.6 Å². The number of hydrogen-bond donors (Lipinski definition) is 2. The van der Waals surface area contributed by atoms with Gasteiger partial charge >= 0.3 is 6.18 Å². The number of carbonyl (C=O) groups is 2. The smallest absolute Gasteiger partial charge is 0.422 e. The van der Waals surface area contributed by atoms with E-state index in [4.69, 9.17) is 4.74 Å².